The van der Waals surface area contributed by atoms with Crippen molar-refractivity contribution in [1.82, 2.24) is 4.90 Å². The van der Waals surface area contributed by atoms with Crippen LogP contribution in [0.2, 0.25) is 0 Å². The number of benzene rings is 1. The van der Waals surface area contributed by atoms with Crippen LogP contribution in [0.5, 0.6) is 0 Å². The monoisotopic (exact) mass is 432 g/mol. The summed E-state index contributed by atoms with van der Waals surface area (Å²) in [6, 6.07) is 7.66. The van der Waals surface area contributed by atoms with Gasteiger partial charge in [-0.15, -0.1) is 0 Å². The van der Waals surface area contributed by atoms with Crippen LogP contribution in [0.4, 0.5) is 18.9 Å². The number of ketones is 1. The molecule has 2 aliphatic rings. The zero-order valence-corrected chi connectivity index (χ0v) is 15.8. The second kappa shape index (κ2) is 8.00. The van der Waals surface area contributed by atoms with Gasteiger partial charge in [-0.1, -0.05) is 15.9 Å². The van der Waals surface area contributed by atoms with Gasteiger partial charge in [0.15, 0.2) is 0 Å². The van der Waals surface area contributed by atoms with Crippen LogP contribution in [-0.2, 0) is 9.53 Å². The topological polar surface area (TPSA) is 32.8 Å². The predicted molar refractivity (Wildman–Crippen MR) is 96.1 cm³/mol. The number of Topliss-reactive ketones (excluding diaryl/α,β-unsaturated/α-hetero) is 1. The average Bonchev–Trinajstić information content (AvgIpc) is 2.84. The molecule has 142 valence electrons. The third kappa shape index (κ3) is 4.40. The number of morpholine rings is 1. The first-order chi connectivity index (χ1) is 12.4. The number of carbonyl (C=O) groups excluding carboxylic acids is 1. The summed E-state index contributed by atoms with van der Waals surface area (Å²) < 4.78 is 45.6. The number of allylic oxidation sites excluding steroid dienone is 1. The number of rotatable bonds is 3. The molecular weight excluding hydrogens is 413 g/mol. The Hall–Kier alpha value is -1.54. The molecule has 2 heterocycles. The third-order valence-corrected chi connectivity index (χ3v) is 5.19. The minimum Gasteiger partial charge on any atom is -0.378 e. The maximum Gasteiger partial charge on any atom is 0.454 e. The van der Waals surface area contributed by atoms with Gasteiger partial charge in [-0.05, 0) is 37.1 Å². The lowest BCUT2D eigenvalue weighted by molar-refractivity contribution is -0.166. The van der Waals surface area contributed by atoms with Gasteiger partial charge in [-0.2, -0.15) is 13.2 Å². The number of hydrogen-bond donors (Lipinski definition) is 0. The van der Waals surface area contributed by atoms with E-state index in [9.17, 15) is 18.0 Å². The van der Waals surface area contributed by atoms with Crippen molar-refractivity contribution in [2.75, 3.05) is 44.3 Å². The summed E-state index contributed by atoms with van der Waals surface area (Å²) in [5, 5.41) is 0. The number of ether oxygens (including phenoxy) is 1. The molecule has 0 spiro atoms. The van der Waals surface area contributed by atoms with E-state index in [1.807, 2.05) is 34.1 Å². The van der Waals surface area contributed by atoms with Crippen molar-refractivity contribution in [3.63, 3.8) is 0 Å². The van der Waals surface area contributed by atoms with Crippen LogP contribution in [0.3, 0.4) is 0 Å². The Kier molecular flexibility index (Phi) is 5.92. The molecule has 0 aromatic heterocycles. The third-order valence-electron chi connectivity index (χ3n) is 4.66. The van der Waals surface area contributed by atoms with Crippen molar-refractivity contribution >= 4 is 27.4 Å². The summed E-state index contributed by atoms with van der Waals surface area (Å²) in [6.07, 6.45) is -4.21. The van der Waals surface area contributed by atoms with E-state index >= 15 is 0 Å². The Morgan fingerprint density at radius 2 is 1.69 bits per heavy atom. The lowest BCUT2D eigenvalue weighted by atomic mass is 10.0. The first kappa shape index (κ1) is 19.2. The van der Waals surface area contributed by atoms with Gasteiger partial charge in [0.25, 0.3) is 5.78 Å². The molecule has 26 heavy (non-hydrogen) atoms. The molecule has 0 atom stereocenters. The van der Waals surface area contributed by atoms with Crippen LogP contribution in [0, 0.1) is 0 Å². The number of halogens is 4. The summed E-state index contributed by atoms with van der Waals surface area (Å²) in [6.45, 7) is 2.80. The van der Waals surface area contributed by atoms with Gasteiger partial charge in [-0.3, -0.25) is 4.79 Å². The Bertz CT molecular complexity index is 683. The van der Waals surface area contributed by atoms with E-state index in [0.717, 1.165) is 10.2 Å². The Morgan fingerprint density at radius 3 is 2.31 bits per heavy atom. The van der Waals surface area contributed by atoms with Crippen molar-refractivity contribution in [3.8, 4) is 0 Å². The van der Waals surface area contributed by atoms with Gasteiger partial charge >= 0.3 is 6.18 Å². The Labute approximate surface area is 158 Å². The largest absolute Gasteiger partial charge is 0.454 e. The van der Waals surface area contributed by atoms with Gasteiger partial charge < -0.3 is 14.5 Å². The number of nitrogens with zero attached hydrogens (tertiary/aromatic N) is 2. The minimum absolute atomic E-state index is 0.0981. The summed E-state index contributed by atoms with van der Waals surface area (Å²) in [5.74, 6) is -1.71. The van der Waals surface area contributed by atoms with Crippen molar-refractivity contribution in [1.29, 1.82) is 0 Å². The van der Waals surface area contributed by atoms with Gasteiger partial charge in [-0.25, -0.2) is 0 Å². The molecule has 2 aliphatic heterocycles. The van der Waals surface area contributed by atoms with Crippen LogP contribution in [0.1, 0.15) is 12.8 Å². The molecule has 0 N–H and O–H groups in total. The van der Waals surface area contributed by atoms with E-state index in [1.165, 1.54) is 0 Å². The number of anilines is 1. The van der Waals surface area contributed by atoms with E-state index in [0.29, 0.717) is 51.5 Å². The van der Waals surface area contributed by atoms with Gasteiger partial charge in [0.1, 0.15) is 0 Å². The molecule has 8 heteroatoms. The van der Waals surface area contributed by atoms with Gasteiger partial charge in [0.05, 0.1) is 19.8 Å². The van der Waals surface area contributed by atoms with Crippen molar-refractivity contribution < 1.29 is 22.7 Å². The summed E-state index contributed by atoms with van der Waals surface area (Å²) in [5.41, 5.74) is 1.31. The Morgan fingerprint density at radius 1 is 1.04 bits per heavy atom. The molecule has 0 unspecified atom stereocenters. The average molecular weight is 433 g/mol. The highest BCUT2D eigenvalue weighted by Gasteiger charge is 2.42. The molecule has 0 amide bonds. The van der Waals surface area contributed by atoms with Crippen LogP contribution in [-0.4, -0.2) is 56.3 Å². The smallest absolute Gasteiger partial charge is 0.378 e. The van der Waals surface area contributed by atoms with E-state index in [-0.39, 0.29) is 12.0 Å². The molecule has 0 radical (unpaired) electrons. The van der Waals surface area contributed by atoms with E-state index in [2.05, 4.69) is 15.9 Å². The lowest BCUT2D eigenvalue weighted by Gasteiger charge is -2.35. The molecule has 0 saturated carbocycles. The first-order valence-electron chi connectivity index (χ1n) is 8.53. The number of alkyl halides is 3. The fourth-order valence-electron chi connectivity index (χ4n) is 3.36. The van der Waals surface area contributed by atoms with Crippen molar-refractivity contribution in [2.45, 2.75) is 19.0 Å². The minimum atomic E-state index is -4.85. The molecule has 4 nitrogen and oxygen atoms in total. The molecule has 1 fully saturated rings. The van der Waals surface area contributed by atoms with Crippen molar-refractivity contribution in [3.05, 3.63) is 40.0 Å². The molecule has 3 rings (SSSR count). The highest BCUT2D eigenvalue weighted by Crippen LogP contribution is 2.31. The maximum atomic E-state index is 13.1. The predicted octanol–water partition coefficient (Wildman–Crippen LogP) is 3.77. The molecular formula is C18H20BrF3N2O2. The normalized spacial score (nSPS) is 19.5. The highest BCUT2D eigenvalue weighted by molar-refractivity contribution is 9.10. The standard InChI is InChI=1S/C18H20BrF3N2O2/c19-13-3-5-14(6-4-13)24-7-1-2-15(17(25)18(20,21)22)16(12-24)23-8-10-26-11-9-23/h3-6H,1-2,7-12H2. The fraction of sp³-hybridized carbons (Fsp3) is 0.500. The second-order valence-electron chi connectivity index (χ2n) is 6.35. The summed E-state index contributed by atoms with van der Waals surface area (Å²) in [7, 11) is 0. The Balaban J connectivity index is 1.95. The molecule has 1 aromatic rings. The first-order valence-corrected chi connectivity index (χ1v) is 9.32. The van der Waals surface area contributed by atoms with E-state index in [1.54, 1.807) is 0 Å². The van der Waals surface area contributed by atoms with Crippen LogP contribution < -0.4 is 4.90 Å². The van der Waals surface area contributed by atoms with Crippen LogP contribution in [0.25, 0.3) is 0 Å². The summed E-state index contributed by atoms with van der Waals surface area (Å²) >= 11 is 3.39. The highest BCUT2D eigenvalue weighted by atomic mass is 79.9. The van der Waals surface area contributed by atoms with Crippen molar-refractivity contribution in [2.24, 2.45) is 0 Å². The summed E-state index contributed by atoms with van der Waals surface area (Å²) in [4.78, 5) is 16.0. The van der Waals surface area contributed by atoms with Gasteiger partial charge in [0, 0.05) is 41.1 Å². The molecule has 0 aliphatic carbocycles. The van der Waals surface area contributed by atoms with Crippen LogP contribution in [0.15, 0.2) is 40.0 Å². The number of carbonyl (C=O) groups is 1. The second-order valence-corrected chi connectivity index (χ2v) is 7.27. The zero-order chi connectivity index (χ0) is 18.7. The fourth-order valence-corrected chi connectivity index (χ4v) is 3.62. The van der Waals surface area contributed by atoms with Crippen LogP contribution >= 0.6 is 15.9 Å². The van der Waals surface area contributed by atoms with Gasteiger partial charge in [0.2, 0.25) is 0 Å². The SMILES string of the molecule is O=C(C1=C(N2CCOCC2)CN(c2ccc(Br)cc2)CCC1)C(F)(F)F. The quantitative estimate of drug-likeness (QED) is 0.727. The van der Waals surface area contributed by atoms with E-state index < -0.39 is 12.0 Å². The lowest BCUT2D eigenvalue weighted by Crippen LogP contribution is -2.41. The van der Waals surface area contributed by atoms with E-state index in [4.69, 9.17) is 4.74 Å². The molecule has 1 aromatic carbocycles. The molecule has 1 saturated heterocycles. The zero-order valence-electron chi connectivity index (χ0n) is 14.2. The number of hydrogen-bond acceptors (Lipinski definition) is 4. The maximum absolute atomic E-state index is 13.1. The molecule has 0 bridgehead atoms.